The van der Waals surface area contributed by atoms with Crippen molar-refractivity contribution in [2.24, 2.45) is 0 Å². The fourth-order valence-electron chi connectivity index (χ4n) is 4.14. The van der Waals surface area contributed by atoms with Gasteiger partial charge in [0.1, 0.15) is 0 Å². The number of hydrogen-bond acceptors (Lipinski definition) is 5. The fourth-order valence-corrected chi connectivity index (χ4v) is 4.31. The van der Waals surface area contributed by atoms with Crippen LogP contribution < -0.4 is 10.9 Å². The number of rotatable bonds is 7. The first kappa shape index (κ1) is 24.0. The molecule has 2 aromatic carbocycles. The van der Waals surface area contributed by atoms with E-state index >= 15 is 0 Å². The highest BCUT2D eigenvalue weighted by Crippen LogP contribution is 2.21. The van der Waals surface area contributed by atoms with E-state index in [1.54, 1.807) is 41.2 Å². The molecular weight excluding hydrogens is 488 g/mol. The zero-order valence-electron chi connectivity index (χ0n) is 19.6. The average molecular weight is 509 g/mol. The van der Waals surface area contributed by atoms with Gasteiger partial charge in [-0.2, -0.15) is 10.4 Å². The minimum absolute atomic E-state index is 0.124. The van der Waals surface area contributed by atoms with E-state index < -0.39 is 0 Å². The quantitative estimate of drug-likeness (QED) is 0.341. The molecule has 0 atom stereocenters. The van der Waals surface area contributed by atoms with Gasteiger partial charge < -0.3 is 9.88 Å². The standard InChI is InChI=1S/C28H21ClN6O2/c29-23-6-7-25-24(12-23)26(34-33-25)16-32-28(37)22-11-19(14-31-15-22)9-18-4-5-20(21(10-18)13-30)17-35-8-2-1-3-27(35)36/h1-8,10-12,14-15H,9,16-17H2,(H,32,37)(H,33,34). The Balaban J connectivity index is 1.28. The molecule has 0 fully saturated rings. The molecule has 0 aliphatic rings. The van der Waals surface area contributed by atoms with Gasteiger partial charge in [0.2, 0.25) is 0 Å². The van der Waals surface area contributed by atoms with Crippen molar-refractivity contribution in [1.29, 1.82) is 5.26 Å². The maximum absolute atomic E-state index is 12.8. The Morgan fingerprint density at radius 3 is 2.81 bits per heavy atom. The molecule has 0 saturated heterocycles. The fraction of sp³-hybridized carbons (Fsp3) is 0.107. The topological polar surface area (TPSA) is 116 Å². The van der Waals surface area contributed by atoms with E-state index in [-0.39, 0.29) is 18.0 Å². The van der Waals surface area contributed by atoms with Crippen molar-refractivity contribution in [2.45, 2.75) is 19.5 Å². The Morgan fingerprint density at radius 1 is 1.08 bits per heavy atom. The molecule has 3 aromatic heterocycles. The van der Waals surface area contributed by atoms with E-state index in [0.717, 1.165) is 27.6 Å². The Labute approximate surface area is 217 Å². The van der Waals surface area contributed by atoms with Crippen molar-refractivity contribution in [3.05, 3.63) is 128 Å². The molecule has 37 heavy (non-hydrogen) atoms. The van der Waals surface area contributed by atoms with Crippen molar-refractivity contribution in [3.8, 4) is 6.07 Å². The number of amides is 1. The summed E-state index contributed by atoms with van der Waals surface area (Å²) < 4.78 is 1.56. The number of aromatic amines is 1. The maximum Gasteiger partial charge on any atom is 0.253 e. The number of nitrogens with zero attached hydrogens (tertiary/aromatic N) is 4. The summed E-state index contributed by atoms with van der Waals surface area (Å²) in [5.41, 5.74) is 4.84. The average Bonchev–Trinajstić information content (AvgIpc) is 3.31. The molecule has 8 nitrogen and oxygen atoms in total. The summed E-state index contributed by atoms with van der Waals surface area (Å²) in [5.74, 6) is -0.270. The van der Waals surface area contributed by atoms with Crippen LogP contribution in [0.2, 0.25) is 5.02 Å². The van der Waals surface area contributed by atoms with Crippen molar-refractivity contribution >= 4 is 28.4 Å². The van der Waals surface area contributed by atoms with Gasteiger partial charge in [-0.3, -0.25) is 19.7 Å². The number of nitriles is 1. The molecule has 9 heteroatoms. The highest BCUT2D eigenvalue weighted by atomic mass is 35.5. The zero-order chi connectivity index (χ0) is 25.8. The van der Waals surface area contributed by atoms with E-state index in [0.29, 0.717) is 34.8 Å². The second-order valence-electron chi connectivity index (χ2n) is 8.57. The second-order valence-corrected chi connectivity index (χ2v) is 9.01. The molecule has 0 unspecified atom stereocenters. The zero-order valence-corrected chi connectivity index (χ0v) is 20.4. The molecule has 5 rings (SSSR count). The lowest BCUT2D eigenvalue weighted by Crippen LogP contribution is -2.23. The number of hydrogen-bond donors (Lipinski definition) is 2. The minimum Gasteiger partial charge on any atom is -0.346 e. The summed E-state index contributed by atoms with van der Waals surface area (Å²) in [5, 5.41) is 21.2. The number of halogens is 1. The third-order valence-electron chi connectivity index (χ3n) is 6.02. The molecule has 0 saturated carbocycles. The van der Waals surface area contributed by atoms with Crippen LogP contribution >= 0.6 is 11.6 Å². The van der Waals surface area contributed by atoms with Gasteiger partial charge in [-0.05, 0) is 59.5 Å². The molecule has 1 amide bonds. The first-order valence-electron chi connectivity index (χ1n) is 11.5. The third kappa shape index (κ3) is 5.42. The van der Waals surface area contributed by atoms with Gasteiger partial charge in [-0.25, -0.2) is 0 Å². The number of pyridine rings is 2. The Bertz CT molecular complexity index is 1720. The summed E-state index contributed by atoms with van der Waals surface area (Å²) in [6.45, 7) is 0.554. The lowest BCUT2D eigenvalue weighted by molar-refractivity contribution is 0.0950. The van der Waals surface area contributed by atoms with Gasteiger partial charge in [-0.15, -0.1) is 0 Å². The third-order valence-corrected chi connectivity index (χ3v) is 6.26. The number of carbonyl (C=O) groups is 1. The lowest BCUT2D eigenvalue weighted by atomic mass is 9.99. The minimum atomic E-state index is -0.270. The highest BCUT2D eigenvalue weighted by Gasteiger charge is 2.12. The molecular formula is C28H21ClN6O2. The van der Waals surface area contributed by atoms with E-state index in [4.69, 9.17) is 11.6 Å². The summed E-state index contributed by atoms with van der Waals surface area (Å²) in [4.78, 5) is 29.1. The monoisotopic (exact) mass is 508 g/mol. The highest BCUT2D eigenvalue weighted by molar-refractivity contribution is 6.31. The molecule has 3 heterocycles. The van der Waals surface area contributed by atoms with Crippen LogP contribution in [0.4, 0.5) is 0 Å². The van der Waals surface area contributed by atoms with Crippen LogP contribution in [0.15, 0.2) is 84.0 Å². The number of fused-ring (bicyclic) bond motifs is 1. The van der Waals surface area contributed by atoms with Crippen LogP contribution in [0, 0.1) is 11.3 Å². The first-order chi connectivity index (χ1) is 18.0. The largest absolute Gasteiger partial charge is 0.346 e. The molecule has 0 radical (unpaired) electrons. The molecule has 0 aliphatic heterocycles. The van der Waals surface area contributed by atoms with Crippen molar-refractivity contribution in [3.63, 3.8) is 0 Å². The predicted octanol–water partition coefficient (Wildman–Crippen LogP) is 4.21. The normalized spacial score (nSPS) is 10.8. The number of aromatic nitrogens is 4. The maximum atomic E-state index is 12.8. The second kappa shape index (κ2) is 10.5. The van der Waals surface area contributed by atoms with E-state index in [9.17, 15) is 14.9 Å². The Hall–Kier alpha value is -4.74. The van der Waals surface area contributed by atoms with Crippen LogP contribution in [0.1, 0.15) is 38.3 Å². The van der Waals surface area contributed by atoms with Gasteiger partial charge >= 0.3 is 0 Å². The molecule has 0 bridgehead atoms. The van der Waals surface area contributed by atoms with Crippen LogP contribution in [-0.4, -0.2) is 25.7 Å². The molecule has 182 valence electrons. The summed E-state index contributed by atoms with van der Waals surface area (Å²) in [6.07, 6.45) is 5.41. The summed E-state index contributed by atoms with van der Waals surface area (Å²) in [6, 6.07) is 20.0. The molecule has 2 N–H and O–H groups in total. The van der Waals surface area contributed by atoms with Gasteiger partial charge in [0.05, 0.1) is 41.5 Å². The predicted molar refractivity (Wildman–Crippen MR) is 140 cm³/mol. The smallest absolute Gasteiger partial charge is 0.253 e. The van der Waals surface area contributed by atoms with Gasteiger partial charge in [0.25, 0.3) is 11.5 Å². The number of H-pyrrole nitrogens is 1. The SMILES string of the molecule is N#Cc1cc(Cc2cncc(C(=O)NCc3n[nH]c4ccc(Cl)cc34)c2)ccc1Cn1ccccc1=O. The number of benzene rings is 2. The molecule has 0 aliphatic carbocycles. The van der Waals surface area contributed by atoms with E-state index in [2.05, 4.69) is 26.6 Å². The first-order valence-corrected chi connectivity index (χ1v) is 11.9. The van der Waals surface area contributed by atoms with Crippen LogP contribution in [-0.2, 0) is 19.5 Å². The van der Waals surface area contributed by atoms with Crippen molar-refractivity contribution in [2.75, 3.05) is 0 Å². The molecule has 0 spiro atoms. The Morgan fingerprint density at radius 2 is 1.97 bits per heavy atom. The van der Waals surface area contributed by atoms with Crippen molar-refractivity contribution in [1.82, 2.24) is 25.1 Å². The van der Waals surface area contributed by atoms with Crippen LogP contribution in [0.5, 0.6) is 0 Å². The summed E-state index contributed by atoms with van der Waals surface area (Å²) in [7, 11) is 0. The lowest BCUT2D eigenvalue weighted by Gasteiger charge is -2.10. The van der Waals surface area contributed by atoms with Gasteiger partial charge in [0, 0.05) is 35.1 Å². The van der Waals surface area contributed by atoms with Gasteiger partial charge in [0.15, 0.2) is 0 Å². The van der Waals surface area contributed by atoms with Gasteiger partial charge in [-0.1, -0.05) is 29.8 Å². The summed E-state index contributed by atoms with van der Waals surface area (Å²) >= 11 is 6.09. The number of carbonyl (C=O) groups excluding carboxylic acids is 1. The van der Waals surface area contributed by atoms with Crippen LogP contribution in [0.3, 0.4) is 0 Å². The Kier molecular flexibility index (Phi) is 6.79. The van der Waals surface area contributed by atoms with Crippen molar-refractivity contribution < 1.29 is 4.79 Å². The molecule has 5 aromatic rings. The number of nitrogens with one attached hydrogen (secondary N) is 2. The van der Waals surface area contributed by atoms with Crippen LogP contribution in [0.25, 0.3) is 10.9 Å². The van der Waals surface area contributed by atoms with E-state index in [1.165, 1.54) is 12.3 Å². The van der Waals surface area contributed by atoms with E-state index in [1.807, 2.05) is 30.3 Å².